The Morgan fingerprint density at radius 1 is 1.00 bits per heavy atom. The quantitative estimate of drug-likeness (QED) is 0.695. The molecule has 0 spiro atoms. The van der Waals surface area contributed by atoms with Crippen molar-refractivity contribution in [2.24, 2.45) is 0 Å². The minimum atomic E-state index is -3.82. The maximum atomic E-state index is 12.5. The second kappa shape index (κ2) is 8.50. The van der Waals surface area contributed by atoms with Gasteiger partial charge in [0.15, 0.2) is 11.5 Å². The Bertz CT molecular complexity index is 1020. The van der Waals surface area contributed by atoms with E-state index in [1.165, 1.54) is 31.3 Å². The molecule has 2 N–H and O–H groups in total. The molecule has 0 saturated heterocycles. The van der Waals surface area contributed by atoms with Gasteiger partial charge < -0.3 is 9.47 Å². The van der Waals surface area contributed by atoms with Crippen LogP contribution in [0.2, 0.25) is 0 Å². The third kappa shape index (κ3) is 4.84. The van der Waals surface area contributed by atoms with E-state index in [1.54, 1.807) is 18.2 Å². The van der Waals surface area contributed by atoms with Gasteiger partial charge in [-0.15, -0.1) is 0 Å². The van der Waals surface area contributed by atoms with E-state index < -0.39 is 28.4 Å². The molecule has 0 bridgehead atoms. The fraction of sp³-hybridized carbons (Fsp3) is 0.263. The van der Waals surface area contributed by atoms with E-state index >= 15 is 0 Å². The maximum Gasteiger partial charge on any atom is 0.269 e. The Morgan fingerprint density at radius 3 is 2.34 bits per heavy atom. The van der Waals surface area contributed by atoms with Crippen LogP contribution in [0.5, 0.6) is 11.5 Å². The normalized spacial score (nSPS) is 13.1. The molecule has 0 radical (unpaired) electrons. The van der Waals surface area contributed by atoms with Crippen LogP contribution in [-0.2, 0) is 14.8 Å². The molecule has 0 unspecified atom stereocenters. The van der Waals surface area contributed by atoms with Gasteiger partial charge in [-0.05, 0) is 37.3 Å². The van der Waals surface area contributed by atoms with Gasteiger partial charge in [0.1, 0.15) is 13.2 Å². The molecule has 0 fully saturated rings. The SMILES string of the molecule is Cc1ccc(S(=O)(=O)N(C)CC(=O)NNC(=O)c2ccc3c(c2)OCCO3)cc1. The highest BCUT2D eigenvalue weighted by Crippen LogP contribution is 2.30. The molecule has 2 amide bonds. The zero-order chi connectivity index (χ0) is 21.0. The summed E-state index contributed by atoms with van der Waals surface area (Å²) >= 11 is 0. The molecule has 154 valence electrons. The largest absolute Gasteiger partial charge is 0.486 e. The second-order valence-electron chi connectivity index (χ2n) is 6.43. The molecule has 1 aliphatic heterocycles. The molecule has 9 nitrogen and oxygen atoms in total. The van der Waals surface area contributed by atoms with Gasteiger partial charge in [-0.25, -0.2) is 8.42 Å². The highest BCUT2D eigenvalue weighted by atomic mass is 32.2. The summed E-state index contributed by atoms with van der Waals surface area (Å²) in [7, 11) is -2.53. The number of nitrogens with one attached hydrogen (secondary N) is 2. The molecule has 10 heteroatoms. The molecular weight excluding hydrogens is 398 g/mol. The van der Waals surface area contributed by atoms with Crippen LogP contribution in [0.4, 0.5) is 0 Å². The Kier molecular flexibility index (Phi) is 6.04. The van der Waals surface area contributed by atoms with Gasteiger partial charge in [0, 0.05) is 12.6 Å². The van der Waals surface area contributed by atoms with Crippen LogP contribution in [0.25, 0.3) is 0 Å². The third-order valence-electron chi connectivity index (χ3n) is 4.22. The van der Waals surface area contributed by atoms with Crippen molar-refractivity contribution in [1.29, 1.82) is 0 Å². The zero-order valence-electron chi connectivity index (χ0n) is 16.0. The predicted octanol–water partition coefficient (Wildman–Crippen LogP) is 0.848. The molecule has 1 heterocycles. The van der Waals surface area contributed by atoms with Gasteiger partial charge in [-0.3, -0.25) is 20.4 Å². The van der Waals surface area contributed by atoms with Crippen molar-refractivity contribution in [3.63, 3.8) is 0 Å². The van der Waals surface area contributed by atoms with Crippen molar-refractivity contribution in [2.75, 3.05) is 26.8 Å². The Hall–Kier alpha value is -3.11. The second-order valence-corrected chi connectivity index (χ2v) is 8.48. The molecular formula is C19H21N3O6S. The summed E-state index contributed by atoms with van der Waals surface area (Å²) in [5.74, 6) is -0.271. The standard InChI is InChI=1S/C19H21N3O6S/c1-13-3-6-15(7-4-13)29(25,26)22(2)12-18(23)20-21-19(24)14-5-8-16-17(11-14)28-10-9-27-16/h3-8,11H,9-10,12H2,1-2H3,(H,20,23)(H,21,24). The van der Waals surface area contributed by atoms with Crippen LogP contribution in [0.1, 0.15) is 15.9 Å². The molecule has 0 aromatic heterocycles. The number of nitrogens with zero attached hydrogens (tertiary/aromatic N) is 1. The van der Waals surface area contributed by atoms with Crippen molar-refractivity contribution in [3.05, 3.63) is 53.6 Å². The number of benzene rings is 2. The lowest BCUT2D eigenvalue weighted by atomic mass is 10.2. The van der Waals surface area contributed by atoms with E-state index in [9.17, 15) is 18.0 Å². The summed E-state index contributed by atoms with van der Waals surface area (Å²) in [4.78, 5) is 24.4. The smallest absolute Gasteiger partial charge is 0.269 e. The van der Waals surface area contributed by atoms with Crippen LogP contribution in [0, 0.1) is 6.92 Å². The molecule has 0 atom stereocenters. The van der Waals surface area contributed by atoms with Crippen molar-refractivity contribution in [1.82, 2.24) is 15.2 Å². The molecule has 0 aliphatic carbocycles. The van der Waals surface area contributed by atoms with Crippen LogP contribution >= 0.6 is 0 Å². The van der Waals surface area contributed by atoms with E-state index in [4.69, 9.17) is 9.47 Å². The van der Waals surface area contributed by atoms with E-state index in [0.29, 0.717) is 24.7 Å². The topological polar surface area (TPSA) is 114 Å². The molecule has 3 rings (SSSR count). The van der Waals surface area contributed by atoms with E-state index in [-0.39, 0.29) is 10.5 Å². The molecule has 2 aromatic rings. The lowest BCUT2D eigenvalue weighted by Gasteiger charge is -2.19. The summed E-state index contributed by atoms with van der Waals surface area (Å²) in [6.07, 6.45) is 0. The zero-order valence-corrected chi connectivity index (χ0v) is 16.8. The number of hydrogen-bond donors (Lipinski definition) is 2. The summed E-state index contributed by atoms with van der Waals surface area (Å²) < 4.78 is 36.7. The lowest BCUT2D eigenvalue weighted by molar-refractivity contribution is -0.121. The minimum absolute atomic E-state index is 0.0821. The molecule has 2 aromatic carbocycles. The van der Waals surface area contributed by atoms with Crippen LogP contribution in [0.15, 0.2) is 47.4 Å². The number of sulfonamides is 1. The summed E-state index contributed by atoms with van der Waals surface area (Å²) in [5.41, 5.74) is 5.64. The Labute approximate surface area is 168 Å². The predicted molar refractivity (Wildman–Crippen MR) is 104 cm³/mol. The number of fused-ring (bicyclic) bond motifs is 1. The van der Waals surface area contributed by atoms with Gasteiger partial charge in [-0.2, -0.15) is 4.31 Å². The molecule has 0 saturated carbocycles. The number of aryl methyl sites for hydroxylation is 1. The number of carbonyl (C=O) groups is 2. The van der Waals surface area contributed by atoms with Crippen molar-refractivity contribution < 1.29 is 27.5 Å². The van der Waals surface area contributed by atoms with E-state index in [2.05, 4.69) is 10.9 Å². The first-order valence-corrected chi connectivity index (χ1v) is 10.2. The number of hydrogen-bond acceptors (Lipinski definition) is 6. The highest BCUT2D eigenvalue weighted by Gasteiger charge is 2.23. The van der Waals surface area contributed by atoms with E-state index in [1.807, 2.05) is 6.92 Å². The van der Waals surface area contributed by atoms with Crippen LogP contribution in [-0.4, -0.2) is 51.3 Å². The Morgan fingerprint density at radius 2 is 1.66 bits per heavy atom. The average Bonchev–Trinajstić information content (AvgIpc) is 2.71. The number of ether oxygens (including phenoxy) is 2. The molecule has 1 aliphatic rings. The highest BCUT2D eigenvalue weighted by molar-refractivity contribution is 7.89. The van der Waals surface area contributed by atoms with Gasteiger partial charge in [0.2, 0.25) is 10.0 Å². The van der Waals surface area contributed by atoms with E-state index in [0.717, 1.165) is 9.87 Å². The first kappa shape index (κ1) is 20.6. The van der Waals surface area contributed by atoms with Gasteiger partial charge >= 0.3 is 0 Å². The van der Waals surface area contributed by atoms with Crippen LogP contribution < -0.4 is 20.3 Å². The number of hydrazine groups is 1. The van der Waals surface area contributed by atoms with Gasteiger partial charge in [-0.1, -0.05) is 17.7 Å². The number of amides is 2. The fourth-order valence-corrected chi connectivity index (χ4v) is 3.73. The summed E-state index contributed by atoms with van der Waals surface area (Å²) in [5, 5.41) is 0. The van der Waals surface area contributed by atoms with Crippen molar-refractivity contribution in [3.8, 4) is 11.5 Å². The summed E-state index contributed by atoms with van der Waals surface area (Å²) in [6.45, 7) is 2.21. The van der Waals surface area contributed by atoms with Crippen molar-refractivity contribution >= 4 is 21.8 Å². The van der Waals surface area contributed by atoms with Crippen LogP contribution in [0.3, 0.4) is 0 Å². The average molecular weight is 419 g/mol. The summed E-state index contributed by atoms with van der Waals surface area (Å²) in [6, 6.07) is 10.9. The fourth-order valence-electron chi connectivity index (χ4n) is 2.60. The lowest BCUT2D eigenvalue weighted by Crippen LogP contribution is -2.46. The number of rotatable bonds is 5. The molecule has 29 heavy (non-hydrogen) atoms. The van der Waals surface area contributed by atoms with Gasteiger partial charge in [0.25, 0.3) is 11.8 Å². The van der Waals surface area contributed by atoms with Crippen molar-refractivity contribution in [2.45, 2.75) is 11.8 Å². The first-order valence-electron chi connectivity index (χ1n) is 8.79. The number of carbonyl (C=O) groups excluding carboxylic acids is 2. The monoisotopic (exact) mass is 419 g/mol. The third-order valence-corrected chi connectivity index (χ3v) is 6.03. The first-order chi connectivity index (χ1) is 13.8. The van der Waals surface area contributed by atoms with Gasteiger partial charge in [0.05, 0.1) is 11.4 Å². The Balaban J connectivity index is 1.56. The number of likely N-dealkylation sites (N-methyl/N-ethyl adjacent to an activating group) is 1. The maximum absolute atomic E-state index is 12.5. The minimum Gasteiger partial charge on any atom is -0.486 e.